The van der Waals surface area contributed by atoms with E-state index in [0.717, 1.165) is 5.56 Å². The fourth-order valence-corrected chi connectivity index (χ4v) is 0.954. The number of nitrogens with zero attached hydrogens (tertiary/aromatic N) is 2. The maximum Gasteiger partial charge on any atom is 0.152 e. The lowest BCUT2D eigenvalue weighted by molar-refractivity contribution is 1.41. The highest BCUT2D eigenvalue weighted by molar-refractivity contribution is 5.50. The molecule has 0 saturated heterocycles. The third-order valence-electron chi connectivity index (χ3n) is 1.55. The summed E-state index contributed by atoms with van der Waals surface area (Å²) in [6.45, 7) is 1.92. The summed E-state index contributed by atoms with van der Waals surface area (Å²) in [5.74, 6) is 4.89. The first-order valence-electron chi connectivity index (χ1n) is 3.69. The van der Waals surface area contributed by atoms with Gasteiger partial charge in [-0.25, -0.2) is 0 Å². The van der Waals surface area contributed by atoms with Gasteiger partial charge in [0.2, 0.25) is 0 Å². The summed E-state index contributed by atoms with van der Waals surface area (Å²) < 4.78 is 0. The molecule has 0 spiro atoms. The van der Waals surface area contributed by atoms with E-state index in [1.165, 1.54) is 0 Å². The third kappa shape index (κ3) is 2.09. The number of rotatable bonds is 0. The molecule has 0 aromatic heterocycles. The Morgan fingerprint density at radius 2 is 1.92 bits per heavy atom. The van der Waals surface area contributed by atoms with Crippen LogP contribution in [0.15, 0.2) is 18.2 Å². The summed E-state index contributed by atoms with van der Waals surface area (Å²) in [5, 5.41) is 17.0. The zero-order chi connectivity index (χ0) is 9.68. The molecule has 0 bridgehead atoms. The predicted octanol–water partition coefficient (Wildman–Crippen LogP) is 1.74. The number of aryl methyl sites for hydroxylation is 1. The first-order valence-corrected chi connectivity index (χ1v) is 3.69. The lowest BCUT2D eigenvalue weighted by Crippen LogP contribution is -1.84. The molecule has 0 amide bonds. The predicted molar refractivity (Wildman–Crippen MR) is 48.4 cm³/mol. The van der Waals surface area contributed by atoms with Crippen LogP contribution < -0.4 is 0 Å². The Bertz CT molecular complexity index is 462. The highest BCUT2D eigenvalue weighted by Crippen LogP contribution is 2.08. The van der Waals surface area contributed by atoms with Gasteiger partial charge in [-0.2, -0.15) is 10.5 Å². The molecule has 0 atom stereocenters. The molecule has 0 fully saturated rings. The first-order chi connectivity index (χ1) is 6.27. The smallest absolute Gasteiger partial charge is 0.152 e. The van der Waals surface area contributed by atoms with Crippen LogP contribution in [-0.2, 0) is 0 Å². The van der Waals surface area contributed by atoms with Gasteiger partial charge >= 0.3 is 0 Å². The molecule has 0 aliphatic rings. The molecule has 60 valence electrons. The molecule has 0 heterocycles. The van der Waals surface area contributed by atoms with Gasteiger partial charge in [-0.1, -0.05) is 6.07 Å². The number of nitriles is 2. The lowest BCUT2D eigenvalue weighted by atomic mass is 10.1. The summed E-state index contributed by atoms with van der Waals surface area (Å²) in [4.78, 5) is 0. The molecule has 0 saturated carbocycles. The van der Waals surface area contributed by atoms with E-state index < -0.39 is 0 Å². The van der Waals surface area contributed by atoms with Gasteiger partial charge in [0.25, 0.3) is 0 Å². The van der Waals surface area contributed by atoms with Crippen molar-refractivity contribution >= 4 is 0 Å². The fraction of sp³-hybridized carbons (Fsp3) is 0.0909. The minimum absolute atomic E-state index is 0.508. The van der Waals surface area contributed by atoms with Crippen molar-refractivity contribution in [2.45, 2.75) is 6.92 Å². The Kier molecular flexibility index (Phi) is 2.69. The maximum absolute atomic E-state index is 8.71. The van der Waals surface area contributed by atoms with Crippen LogP contribution >= 0.6 is 0 Å². The van der Waals surface area contributed by atoms with Crippen LogP contribution in [0.5, 0.6) is 0 Å². The van der Waals surface area contributed by atoms with Crippen molar-refractivity contribution in [2.24, 2.45) is 0 Å². The van der Waals surface area contributed by atoms with Gasteiger partial charge in [-0.05, 0) is 30.5 Å². The van der Waals surface area contributed by atoms with Crippen LogP contribution in [0.25, 0.3) is 0 Å². The molecule has 2 heteroatoms. The topological polar surface area (TPSA) is 47.6 Å². The van der Waals surface area contributed by atoms with Crippen LogP contribution in [0.4, 0.5) is 0 Å². The van der Waals surface area contributed by atoms with Crippen LogP contribution in [-0.4, -0.2) is 0 Å². The SMILES string of the molecule is Cc1ccc(C#N)c(C#CC#N)c1. The van der Waals surface area contributed by atoms with E-state index in [2.05, 4.69) is 11.8 Å². The second-order valence-electron chi connectivity index (χ2n) is 2.52. The highest BCUT2D eigenvalue weighted by Gasteiger charge is 1.97. The van der Waals surface area contributed by atoms with Crippen molar-refractivity contribution in [3.8, 4) is 24.0 Å². The van der Waals surface area contributed by atoms with Crippen LogP contribution in [0, 0.1) is 41.4 Å². The van der Waals surface area contributed by atoms with Crippen LogP contribution in [0.3, 0.4) is 0 Å². The monoisotopic (exact) mass is 166 g/mol. The van der Waals surface area contributed by atoms with E-state index in [0.29, 0.717) is 11.1 Å². The maximum atomic E-state index is 8.71. The van der Waals surface area contributed by atoms with Gasteiger partial charge in [0.15, 0.2) is 6.07 Å². The molecule has 0 aliphatic heterocycles. The van der Waals surface area contributed by atoms with Crippen molar-refractivity contribution < 1.29 is 0 Å². The Hall–Kier alpha value is -2.24. The number of benzene rings is 1. The standard InChI is InChI=1S/C11H6N2/c1-9-4-5-11(8-13)10(7-9)3-2-6-12/h4-5,7H,1H3. The molecule has 13 heavy (non-hydrogen) atoms. The van der Waals surface area contributed by atoms with Gasteiger partial charge in [0.1, 0.15) is 6.07 Å². The van der Waals surface area contributed by atoms with Gasteiger partial charge in [0, 0.05) is 11.5 Å². The molecule has 0 radical (unpaired) electrons. The summed E-state index contributed by atoms with van der Waals surface area (Å²) in [6, 6.07) is 9.08. The summed E-state index contributed by atoms with van der Waals surface area (Å²) in [6.07, 6.45) is 0. The molecule has 0 N–H and O–H groups in total. The van der Waals surface area contributed by atoms with Gasteiger partial charge in [-0.15, -0.1) is 0 Å². The van der Waals surface area contributed by atoms with E-state index in [1.807, 2.05) is 19.1 Å². The minimum Gasteiger partial charge on any atom is -0.192 e. The molecule has 2 nitrogen and oxygen atoms in total. The molecule has 1 aromatic rings. The Morgan fingerprint density at radius 1 is 1.15 bits per heavy atom. The summed E-state index contributed by atoms with van der Waals surface area (Å²) in [7, 11) is 0. The van der Waals surface area contributed by atoms with Gasteiger partial charge in [-0.3, -0.25) is 0 Å². The Morgan fingerprint density at radius 3 is 2.54 bits per heavy atom. The second-order valence-corrected chi connectivity index (χ2v) is 2.52. The van der Waals surface area contributed by atoms with E-state index >= 15 is 0 Å². The van der Waals surface area contributed by atoms with Crippen LogP contribution in [0.2, 0.25) is 0 Å². The molecule has 0 unspecified atom stereocenters. The average Bonchev–Trinajstić information content (AvgIpc) is 2.15. The molecule has 1 rings (SSSR count). The molecule has 1 aromatic carbocycles. The van der Waals surface area contributed by atoms with Crippen molar-refractivity contribution in [2.75, 3.05) is 0 Å². The molecular formula is C11H6N2. The lowest BCUT2D eigenvalue weighted by Gasteiger charge is -1.95. The van der Waals surface area contributed by atoms with Gasteiger partial charge in [0.05, 0.1) is 5.56 Å². The normalized spacial score (nSPS) is 7.62. The van der Waals surface area contributed by atoms with Crippen molar-refractivity contribution in [1.82, 2.24) is 0 Å². The second kappa shape index (κ2) is 3.96. The largest absolute Gasteiger partial charge is 0.192 e. The summed E-state index contributed by atoms with van der Waals surface area (Å²) in [5.41, 5.74) is 2.15. The quantitative estimate of drug-likeness (QED) is 0.551. The zero-order valence-electron chi connectivity index (χ0n) is 7.13. The highest BCUT2D eigenvalue weighted by atomic mass is 14.2. The van der Waals surface area contributed by atoms with Crippen molar-refractivity contribution in [3.63, 3.8) is 0 Å². The number of hydrogen-bond acceptors (Lipinski definition) is 2. The number of hydrogen-bond donors (Lipinski definition) is 0. The van der Waals surface area contributed by atoms with E-state index in [4.69, 9.17) is 10.5 Å². The van der Waals surface area contributed by atoms with E-state index in [-0.39, 0.29) is 0 Å². The fourth-order valence-electron chi connectivity index (χ4n) is 0.954. The first kappa shape index (κ1) is 8.85. The third-order valence-corrected chi connectivity index (χ3v) is 1.55. The summed E-state index contributed by atoms with van der Waals surface area (Å²) >= 11 is 0. The van der Waals surface area contributed by atoms with Gasteiger partial charge < -0.3 is 0 Å². The van der Waals surface area contributed by atoms with Crippen molar-refractivity contribution in [3.05, 3.63) is 34.9 Å². The Labute approximate surface area is 77.0 Å². The minimum atomic E-state index is 0.508. The average molecular weight is 166 g/mol. The Balaban J connectivity index is 3.28. The van der Waals surface area contributed by atoms with Crippen LogP contribution in [0.1, 0.15) is 16.7 Å². The van der Waals surface area contributed by atoms with E-state index in [1.54, 1.807) is 18.2 Å². The van der Waals surface area contributed by atoms with Crippen molar-refractivity contribution in [1.29, 1.82) is 10.5 Å². The molecule has 0 aliphatic carbocycles. The molecular weight excluding hydrogens is 160 g/mol. The van der Waals surface area contributed by atoms with E-state index in [9.17, 15) is 0 Å². The zero-order valence-corrected chi connectivity index (χ0v) is 7.13.